The molecule has 0 rings (SSSR count). The minimum atomic E-state index is 0.171. The van der Waals surface area contributed by atoms with Gasteiger partial charge in [-0.25, -0.2) is 0 Å². The first kappa shape index (κ1) is 15.2. The molecular formula is C15H27N. The molecule has 0 aromatic heterocycles. The summed E-state index contributed by atoms with van der Waals surface area (Å²) < 4.78 is 0. The van der Waals surface area contributed by atoms with E-state index in [0.29, 0.717) is 0 Å². The van der Waals surface area contributed by atoms with Crippen LogP contribution < -0.4 is 5.32 Å². The Morgan fingerprint density at radius 3 is 2.31 bits per heavy atom. The zero-order valence-electron chi connectivity index (χ0n) is 11.6. The van der Waals surface area contributed by atoms with Crippen LogP contribution in [0.5, 0.6) is 0 Å². The van der Waals surface area contributed by atoms with Crippen LogP contribution in [0.4, 0.5) is 0 Å². The number of hydrogen-bond donors (Lipinski definition) is 1. The normalized spacial score (nSPS) is 14.1. The maximum Gasteiger partial charge on any atom is 0.0205 e. The highest BCUT2D eigenvalue weighted by Crippen LogP contribution is 2.30. The summed E-state index contributed by atoms with van der Waals surface area (Å²) in [6, 6.07) is 0. The predicted molar refractivity (Wildman–Crippen MR) is 74.7 cm³/mol. The van der Waals surface area contributed by atoms with Crippen molar-refractivity contribution in [2.75, 3.05) is 13.1 Å². The lowest BCUT2D eigenvalue weighted by Crippen LogP contribution is -2.22. The minimum absolute atomic E-state index is 0.171. The summed E-state index contributed by atoms with van der Waals surface area (Å²) in [4.78, 5) is 0. The Balaban J connectivity index is 4.76. The molecule has 0 atom stereocenters. The van der Waals surface area contributed by atoms with Gasteiger partial charge in [0.25, 0.3) is 0 Å². The topological polar surface area (TPSA) is 12.0 Å². The lowest BCUT2D eigenvalue weighted by atomic mass is 9.81. The fourth-order valence-electron chi connectivity index (χ4n) is 1.71. The summed E-state index contributed by atoms with van der Waals surface area (Å²) in [6.45, 7) is 16.8. The van der Waals surface area contributed by atoms with E-state index in [9.17, 15) is 0 Å². The second-order valence-corrected chi connectivity index (χ2v) is 5.06. The molecule has 0 unspecified atom stereocenters. The molecule has 0 saturated heterocycles. The third-order valence-corrected chi connectivity index (χ3v) is 2.53. The molecule has 1 heteroatoms. The molecular weight excluding hydrogens is 194 g/mol. The van der Waals surface area contributed by atoms with Gasteiger partial charge in [-0.15, -0.1) is 0 Å². The molecule has 0 saturated carbocycles. The van der Waals surface area contributed by atoms with Crippen molar-refractivity contribution in [2.24, 2.45) is 5.41 Å². The van der Waals surface area contributed by atoms with E-state index in [1.54, 1.807) is 0 Å². The highest BCUT2D eigenvalue weighted by molar-refractivity contribution is 5.38. The summed E-state index contributed by atoms with van der Waals surface area (Å²) in [5.41, 5.74) is 2.92. The molecule has 0 bridgehead atoms. The van der Waals surface area contributed by atoms with Crippen molar-refractivity contribution >= 4 is 0 Å². The molecule has 16 heavy (non-hydrogen) atoms. The van der Waals surface area contributed by atoms with Gasteiger partial charge in [-0.1, -0.05) is 52.5 Å². The SMILES string of the molecule is C=C/C=C(\C(=C/C)CNCCC)C(C)(C)C. The molecule has 0 radical (unpaired) electrons. The lowest BCUT2D eigenvalue weighted by molar-refractivity contribution is 0.505. The fraction of sp³-hybridized carbons (Fsp3) is 0.600. The number of allylic oxidation sites excluding steroid dienone is 3. The zero-order valence-corrected chi connectivity index (χ0v) is 11.6. The Hall–Kier alpha value is -0.820. The molecule has 0 aliphatic carbocycles. The van der Waals surface area contributed by atoms with Crippen molar-refractivity contribution < 1.29 is 0 Å². The van der Waals surface area contributed by atoms with E-state index in [4.69, 9.17) is 0 Å². The second kappa shape index (κ2) is 7.45. The molecule has 1 nitrogen and oxygen atoms in total. The van der Waals surface area contributed by atoms with E-state index in [1.807, 2.05) is 6.08 Å². The number of nitrogens with one attached hydrogen (secondary N) is 1. The molecule has 0 aromatic rings. The molecule has 0 amide bonds. The van der Waals surface area contributed by atoms with E-state index >= 15 is 0 Å². The van der Waals surface area contributed by atoms with E-state index in [0.717, 1.165) is 13.1 Å². The van der Waals surface area contributed by atoms with Gasteiger partial charge in [0.1, 0.15) is 0 Å². The van der Waals surface area contributed by atoms with Crippen molar-refractivity contribution in [3.05, 3.63) is 36.0 Å². The molecule has 0 spiro atoms. The third-order valence-electron chi connectivity index (χ3n) is 2.53. The predicted octanol–water partition coefficient (Wildman–Crippen LogP) is 4.09. The Morgan fingerprint density at radius 1 is 1.31 bits per heavy atom. The van der Waals surface area contributed by atoms with Crippen LogP contribution in [0.3, 0.4) is 0 Å². The van der Waals surface area contributed by atoms with Crippen LogP contribution in [0.1, 0.15) is 41.0 Å². The van der Waals surface area contributed by atoms with E-state index in [1.165, 1.54) is 17.6 Å². The molecule has 0 fully saturated rings. The molecule has 0 aliphatic rings. The monoisotopic (exact) mass is 221 g/mol. The van der Waals surface area contributed by atoms with Crippen molar-refractivity contribution in [1.82, 2.24) is 5.32 Å². The van der Waals surface area contributed by atoms with Crippen LogP contribution in [0.25, 0.3) is 0 Å². The number of hydrogen-bond acceptors (Lipinski definition) is 1. The quantitative estimate of drug-likeness (QED) is 0.526. The van der Waals surface area contributed by atoms with Crippen molar-refractivity contribution in [2.45, 2.75) is 41.0 Å². The average molecular weight is 221 g/mol. The van der Waals surface area contributed by atoms with Gasteiger partial charge in [0.05, 0.1) is 0 Å². The zero-order chi connectivity index (χ0) is 12.6. The van der Waals surface area contributed by atoms with Crippen LogP contribution in [0.15, 0.2) is 36.0 Å². The van der Waals surface area contributed by atoms with Crippen LogP contribution >= 0.6 is 0 Å². The minimum Gasteiger partial charge on any atom is -0.313 e. The van der Waals surface area contributed by atoms with Gasteiger partial charge in [0.2, 0.25) is 0 Å². The van der Waals surface area contributed by atoms with E-state index in [2.05, 4.69) is 58.7 Å². The summed E-state index contributed by atoms with van der Waals surface area (Å²) in [7, 11) is 0. The first-order chi connectivity index (χ1) is 7.47. The maximum atomic E-state index is 3.80. The molecule has 92 valence electrons. The summed E-state index contributed by atoms with van der Waals surface area (Å²) >= 11 is 0. The van der Waals surface area contributed by atoms with Gasteiger partial charge in [-0.2, -0.15) is 0 Å². The Morgan fingerprint density at radius 2 is 1.94 bits per heavy atom. The number of rotatable bonds is 6. The third kappa shape index (κ3) is 5.32. The maximum absolute atomic E-state index is 3.80. The average Bonchev–Trinajstić information content (AvgIpc) is 2.20. The van der Waals surface area contributed by atoms with Gasteiger partial charge >= 0.3 is 0 Å². The van der Waals surface area contributed by atoms with Crippen LogP contribution in [-0.4, -0.2) is 13.1 Å². The molecule has 0 aliphatic heterocycles. The first-order valence-corrected chi connectivity index (χ1v) is 6.16. The van der Waals surface area contributed by atoms with Crippen molar-refractivity contribution in [1.29, 1.82) is 0 Å². The van der Waals surface area contributed by atoms with E-state index in [-0.39, 0.29) is 5.41 Å². The molecule has 0 aromatic carbocycles. The second-order valence-electron chi connectivity index (χ2n) is 5.06. The fourth-order valence-corrected chi connectivity index (χ4v) is 1.71. The standard InChI is InChI=1S/C15H27N/c1-7-10-14(15(4,5)6)13(9-3)12-16-11-8-2/h7,9-10,16H,1,8,11-12H2,2-6H3/b13-9-,14-10+. The Labute approximate surface area is 101 Å². The lowest BCUT2D eigenvalue weighted by Gasteiger charge is -2.25. The van der Waals surface area contributed by atoms with Crippen LogP contribution in [-0.2, 0) is 0 Å². The van der Waals surface area contributed by atoms with Gasteiger partial charge in [0, 0.05) is 6.54 Å². The van der Waals surface area contributed by atoms with E-state index < -0.39 is 0 Å². The smallest absolute Gasteiger partial charge is 0.0205 e. The van der Waals surface area contributed by atoms with Crippen molar-refractivity contribution in [3.8, 4) is 0 Å². The molecule has 1 N–H and O–H groups in total. The van der Waals surface area contributed by atoms with Crippen LogP contribution in [0, 0.1) is 5.41 Å². The highest BCUT2D eigenvalue weighted by Gasteiger charge is 2.19. The van der Waals surface area contributed by atoms with Crippen molar-refractivity contribution in [3.63, 3.8) is 0 Å². The van der Waals surface area contributed by atoms with Crippen LogP contribution in [0.2, 0.25) is 0 Å². The summed E-state index contributed by atoms with van der Waals surface area (Å²) in [6.07, 6.45) is 7.38. The largest absolute Gasteiger partial charge is 0.313 e. The summed E-state index contributed by atoms with van der Waals surface area (Å²) in [5.74, 6) is 0. The van der Waals surface area contributed by atoms with Gasteiger partial charge in [-0.3, -0.25) is 0 Å². The summed E-state index contributed by atoms with van der Waals surface area (Å²) in [5, 5.41) is 3.45. The van der Waals surface area contributed by atoms with Gasteiger partial charge in [0.15, 0.2) is 0 Å². The molecule has 0 heterocycles. The Bertz CT molecular complexity index is 264. The highest BCUT2D eigenvalue weighted by atomic mass is 14.8. The first-order valence-electron chi connectivity index (χ1n) is 6.16. The Kier molecular flexibility index (Phi) is 7.07. The van der Waals surface area contributed by atoms with Gasteiger partial charge in [-0.05, 0) is 36.5 Å². The van der Waals surface area contributed by atoms with Gasteiger partial charge < -0.3 is 5.32 Å².